The van der Waals surface area contributed by atoms with E-state index in [1.54, 1.807) is 0 Å². The Balaban J connectivity index is 2.18. The Morgan fingerprint density at radius 1 is 1.11 bits per heavy atom. The van der Waals surface area contributed by atoms with Crippen molar-refractivity contribution in [2.24, 2.45) is 5.92 Å². The molecular formula is C16H23F2N. The molecule has 0 saturated heterocycles. The van der Waals surface area contributed by atoms with Crippen molar-refractivity contribution in [3.63, 3.8) is 0 Å². The first kappa shape index (κ1) is 14.4. The predicted octanol–water partition coefficient (Wildman–Crippen LogP) is 4.02. The van der Waals surface area contributed by atoms with Gasteiger partial charge in [-0.3, -0.25) is 0 Å². The van der Waals surface area contributed by atoms with Crippen LogP contribution in [0.1, 0.15) is 45.1 Å². The molecule has 0 heterocycles. The topological polar surface area (TPSA) is 12.0 Å². The first-order chi connectivity index (χ1) is 9.02. The maximum absolute atomic E-state index is 13.4. The van der Waals surface area contributed by atoms with Gasteiger partial charge >= 0.3 is 0 Å². The third-order valence-corrected chi connectivity index (χ3v) is 4.05. The van der Waals surface area contributed by atoms with Gasteiger partial charge in [0, 0.05) is 18.0 Å². The molecule has 0 radical (unpaired) electrons. The van der Waals surface area contributed by atoms with E-state index in [1.807, 2.05) is 0 Å². The molecule has 1 aromatic rings. The molecule has 1 aliphatic carbocycles. The van der Waals surface area contributed by atoms with Gasteiger partial charge in [-0.15, -0.1) is 0 Å². The Morgan fingerprint density at radius 2 is 1.68 bits per heavy atom. The van der Waals surface area contributed by atoms with E-state index in [0.717, 1.165) is 50.4 Å². The van der Waals surface area contributed by atoms with Crippen LogP contribution in [-0.4, -0.2) is 13.1 Å². The lowest BCUT2D eigenvalue weighted by Crippen LogP contribution is -2.37. The van der Waals surface area contributed by atoms with Gasteiger partial charge < -0.3 is 5.32 Å². The lowest BCUT2D eigenvalue weighted by atomic mass is 9.78. The second-order valence-corrected chi connectivity index (χ2v) is 6.17. The molecule has 1 saturated carbocycles. The molecule has 0 atom stereocenters. The number of hydrogen-bond acceptors (Lipinski definition) is 1. The van der Waals surface area contributed by atoms with Gasteiger partial charge in [-0.2, -0.15) is 0 Å². The van der Waals surface area contributed by atoms with Crippen LogP contribution in [0.5, 0.6) is 0 Å². The van der Waals surface area contributed by atoms with E-state index < -0.39 is 11.6 Å². The average molecular weight is 267 g/mol. The van der Waals surface area contributed by atoms with Crippen molar-refractivity contribution in [1.82, 2.24) is 5.32 Å². The van der Waals surface area contributed by atoms with Gasteiger partial charge in [-0.05, 0) is 43.0 Å². The Bertz CT molecular complexity index is 403. The Labute approximate surface area is 114 Å². The number of rotatable bonds is 5. The largest absolute Gasteiger partial charge is 0.316 e. The van der Waals surface area contributed by atoms with Crippen LogP contribution in [0.15, 0.2) is 18.2 Å². The van der Waals surface area contributed by atoms with E-state index in [1.165, 1.54) is 12.1 Å². The lowest BCUT2D eigenvalue weighted by molar-refractivity contribution is 0.387. The summed E-state index contributed by atoms with van der Waals surface area (Å²) in [7, 11) is 0. The van der Waals surface area contributed by atoms with E-state index in [-0.39, 0.29) is 5.41 Å². The van der Waals surface area contributed by atoms with Crippen LogP contribution in [-0.2, 0) is 5.41 Å². The third-order valence-electron chi connectivity index (χ3n) is 4.05. The fourth-order valence-electron chi connectivity index (χ4n) is 3.08. The van der Waals surface area contributed by atoms with Gasteiger partial charge in [-0.1, -0.05) is 26.7 Å². The monoisotopic (exact) mass is 267 g/mol. The highest BCUT2D eigenvalue weighted by Gasteiger charge is 2.35. The fourth-order valence-corrected chi connectivity index (χ4v) is 3.08. The van der Waals surface area contributed by atoms with Gasteiger partial charge in [0.1, 0.15) is 11.6 Å². The minimum absolute atomic E-state index is 0.0855. The second kappa shape index (κ2) is 6.00. The van der Waals surface area contributed by atoms with Crippen molar-refractivity contribution in [1.29, 1.82) is 0 Å². The Hall–Kier alpha value is -0.960. The van der Waals surface area contributed by atoms with Crippen molar-refractivity contribution >= 4 is 0 Å². The van der Waals surface area contributed by atoms with Crippen molar-refractivity contribution in [3.05, 3.63) is 35.4 Å². The number of nitrogens with one attached hydrogen (secondary N) is 1. The summed E-state index contributed by atoms with van der Waals surface area (Å²) < 4.78 is 26.9. The van der Waals surface area contributed by atoms with Crippen LogP contribution in [0.2, 0.25) is 0 Å². The first-order valence-corrected chi connectivity index (χ1v) is 7.19. The Kier molecular flexibility index (Phi) is 4.56. The zero-order valence-corrected chi connectivity index (χ0v) is 11.8. The van der Waals surface area contributed by atoms with Crippen LogP contribution in [0.25, 0.3) is 0 Å². The zero-order valence-electron chi connectivity index (χ0n) is 11.8. The van der Waals surface area contributed by atoms with Gasteiger partial charge in [0.15, 0.2) is 0 Å². The summed E-state index contributed by atoms with van der Waals surface area (Å²) in [6, 6.07) is 3.96. The van der Waals surface area contributed by atoms with Crippen molar-refractivity contribution in [2.45, 2.75) is 44.9 Å². The van der Waals surface area contributed by atoms with Gasteiger partial charge in [-0.25, -0.2) is 8.78 Å². The lowest BCUT2D eigenvalue weighted by Gasteiger charge is -2.30. The van der Waals surface area contributed by atoms with E-state index in [4.69, 9.17) is 0 Å². The summed E-state index contributed by atoms with van der Waals surface area (Å²) in [4.78, 5) is 0. The summed E-state index contributed by atoms with van der Waals surface area (Å²) in [5.41, 5.74) is 0.733. The number of benzene rings is 1. The van der Waals surface area contributed by atoms with Gasteiger partial charge in [0.2, 0.25) is 0 Å². The minimum atomic E-state index is -0.467. The zero-order chi connectivity index (χ0) is 13.9. The average Bonchev–Trinajstić information content (AvgIpc) is 2.77. The summed E-state index contributed by atoms with van der Waals surface area (Å²) in [6.07, 6.45) is 4.31. The first-order valence-electron chi connectivity index (χ1n) is 7.19. The molecule has 19 heavy (non-hydrogen) atoms. The van der Waals surface area contributed by atoms with Crippen LogP contribution >= 0.6 is 0 Å². The molecule has 0 spiro atoms. The van der Waals surface area contributed by atoms with Crippen molar-refractivity contribution < 1.29 is 8.78 Å². The minimum Gasteiger partial charge on any atom is -0.316 e. The highest BCUT2D eigenvalue weighted by molar-refractivity contribution is 5.28. The maximum atomic E-state index is 13.4. The van der Waals surface area contributed by atoms with Crippen LogP contribution in [0, 0.1) is 17.6 Å². The molecule has 1 nitrogen and oxygen atoms in total. The summed E-state index contributed by atoms with van der Waals surface area (Å²) in [5, 5.41) is 3.46. The molecule has 0 amide bonds. The fraction of sp³-hybridized carbons (Fsp3) is 0.625. The molecule has 1 N–H and O–H groups in total. The van der Waals surface area contributed by atoms with E-state index in [9.17, 15) is 8.78 Å². The normalized spacial score (nSPS) is 18.2. The summed E-state index contributed by atoms with van der Waals surface area (Å²) in [6.45, 7) is 6.08. The third kappa shape index (κ3) is 3.53. The summed E-state index contributed by atoms with van der Waals surface area (Å²) in [5.74, 6) is -0.349. The maximum Gasteiger partial charge on any atom is 0.126 e. The van der Waals surface area contributed by atoms with Gasteiger partial charge in [0.25, 0.3) is 0 Å². The molecule has 0 bridgehead atoms. The highest BCUT2D eigenvalue weighted by atomic mass is 19.1. The number of hydrogen-bond donors (Lipinski definition) is 1. The number of halogens is 2. The van der Waals surface area contributed by atoms with E-state index in [2.05, 4.69) is 19.2 Å². The molecule has 1 aliphatic rings. The second-order valence-electron chi connectivity index (χ2n) is 6.17. The molecular weight excluding hydrogens is 244 g/mol. The van der Waals surface area contributed by atoms with Crippen LogP contribution in [0.3, 0.4) is 0 Å². The molecule has 0 aliphatic heterocycles. The molecule has 106 valence electrons. The predicted molar refractivity (Wildman–Crippen MR) is 74.2 cm³/mol. The molecule has 2 rings (SSSR count). The standard InChI is InChI=1S/C16H23F2N/c1-12(2)10-19-11-16(5-3-4-6-16)13-7-14(17)9-15(18)8-13/h7-9,12,19H,3-6,10-11H2,1-2H3. The molecule has 3 heteroatoms. The summed E-state index contributed by atoms with van der Waals surface area (Å²) >= 11 is 0. The van der Waals surface area contributed by atoms with Crippen molar-refractivity contribution in [3.8, 4) is 0 Å². The molecule has 0 aromatic heterocycles. The van der Waals surface area contributed by atoms with Crippen LogP contribution in [0.4, 0.5) is 8.78 Å². The highest BCUT2D eigenvalue weighted by Crippen LogP contribution is 2.41. The smallest absolute Gasteiger partial charge is 0.126 e. The quantitative estimate of drug-likeness (QED) is 0.849. The SMILES string of the molecule is CC(C)CNCC1(c2cc(F)cc(F)c2)CCCC1. The molecule has 1 fully saturated rings. The van der Waals surface area contributed by atoms with E-state index >= 15 is 0 Å². The molecule has 1 aromatic carbocycles. The van der Waals surface area contributed by atoms with E-state index in [0.29, 0.717) is 5.92 Å². The van der Waals surface area contributed by atoms with Crippen molar-refractivity contribution in [2.75, 3.05) is 13.1 Å². The van der Waals surface area contributed by atoms with Gasteiger partial charge in [0.05, 0.1) is 0 Å². The van der Waals surface area contributed by atoms with Crippen LogP contribution < -0.4 is 5.32 Å². The molecule has 0 unspecified atom stereocenters. The Morgan fingerprint density at radius 3 is 2.21 bits per heavy atom.